The quantitative estimate of drug-likeness (QED) is 0.571. The number of sulfonamides is 1. The standard InChI is InChI=1S/C25H26N2O5S/c1-3-21(18-13-15-19(31-2)16-14-18)26-25(28)24-17-27(22-11-7-8-12-23(22)32-24)33(29,30)20-9-5-4-6-10-20/h4-16,21,24H,3,17H2,1-2H3,(H,26,28)/t21-,24-/m1/s1. The Hall–Kier alpha value is -3.52. The minimum Gasteiger partial charge on any atom is -0.497 e. The fraction of sp³-hybridized carbons (Fsp3) is 0.240. The highest BCUT2D eigenvalue weighted by atomic mass is 32.2. The monoisotopic (exact) mass is 466 g/mol. The molecule has 0 bridgehead atoms. The Labute approximate surface area is 194 Å². The number of hydrogen-bond acceptors (Lipinski definition) is 5. The summed E-state index contributed by atoms with van der Waals surface area (Å²) in [5, 5.41) is 3.01. The van der Waals surface area contributed by atoms with E-state index in [-0.39, 0.29) is 23.4 Å². The Morgan fingerprint density at radius 2 is 1.73 bits per heavy atom. The van der Waals surface area contributed by atoms with Crippen molar-refractivity contribution in [2.45, 2.75) is 30.4 Å². The number of hydrogen-bond donors (Lipinski definition) is 1. The van der Waals surface area contributed by atoms with Crippen molar-refractivity contribution < 1.29 is 22.7 Å². The number of rotatable bonds is 7. The highest BCUT2D eigenvalue weighted by Crippen LogP contribution is 2.37. The Balaban J connectivity index is 1.60. The summed E-state index contributed by atoms with van der Waals surface area (Å²) in [7, 11) is -2.28. The Bertz CT molecular complexity index is 1210. The molecule has 1 amide bonds. The summed E-state index contributed by atoms with van der Waals surface area (Å²) < 4.78 is 39.2. The highest BCUT2D eigenvalue weighted by Gasteiger charge is 2.37. The molecule has 8 heteroatoms. The van der Waals surface area contributed by atoms with Gasteiger partial charge in [0.25, 0.3) is 15.9 Å². The van der Waals surface area contributed by atoms with Crippen molar-refractivity contribution in [2.75, 3.05) is 18.0 Å². The maximum Gasteiger partial charge on any atom is 0.264 e. The number of carbonyl (C=O) groups is 1. The molecule has 0 aromatic heterocycles. The molecule has 1 aliphatic rings. The molecular formula is C25H26N2O5S. The molecule has 0 unspecified atom stereocenters. The normalized spacial score (nSPS) is 16.3. The molecule has 0 fully saturated rings. The number of carbonyl (C=O) groups excluding carboxylic acids is 1. The van der Waals surface area contributed by atoms with E-state index in [2.05, 4.69) is 5.32 Å². The van der Waals surface area contributed by atoms with Gasteiger partial charge in [-0.1, -0.05) is 49.4 Å². The van der Waals surface area contributed by atoms with Gasteiger partial charge in [-0.3, -0.25) is 9.10 Å². The summed E-state index contributed by atoms with van der Waals surface area (Å²) in [5.41, 5.74) is 1.34. The Kier molecular flexibility index (Phi) is 6.55. The third kappa shape index (κ3) is 4.66. The molecule has 4 rings (SSSR count). The average molecular weight is 467 g/mol. The van der Waals surface area contributed by atoms with Crippen LogP contribution in [0.2, 0.25) is 0 Å². The van der Waals surface area contributed by atoms with E-state index in [1.165, 1.54) is 4.31 Å². The summed E-state index contributed by atoms with van der Waals surface area (Å²) in [6, 6.07) is 22.2. The van der Waals surface area contributed by atoms with Gasteiger partial charge in [0.2, 0.25) is 0 Å². The lowest BCUT2D eigenvalue weighted by Crippen LogP contribution is -2.51. The van der Waals surface area contributed by atoms with Crippen LogP contribution in [0.15, 0.2) is 83.8 Å². The second-order valence-electron chi connectivity index (χ2n) is 7.67. The zero-order chi connectivity index (χ0) is 23.4. The number of anilines is 1. The number of methoxy groups -OCH3 is 1. The van der Waals surface area contributed by atoms with Crippen LogP contribution in [-0.2, 0) is 14.8 Å². The van der Waals surface area contributed by atoms with Crippen molar-refractivity contribution in [3.8, 4) is 11.5 Å². The number of amides is 1. The summed E-state index contributed by atoms with van der Waals surface area (Å²) in [4.78, 5) is 13.4. The van der Waals surface area contributed by atoms with Crippen LogP contribution in [-0.4, -0.2) is 34.1 Å². The summed E-state index contributed by atoms with van der Waals surface area (Å²) in [6.07, 6.45) is -0.335. The zero-order valence-corrected chi connectivity index (χ0v) is 19.3. The van der Waals surface area contributed by atoms with Gasteiger partial charge in [0.05, 0.1) is 30.3 Å². The maximum absolute atomic E-state index is 13.4. The third-order valence-electron chi connectivity index (χ3n) is 5.60. The SMILES string of the molecule is CC[C@@H](NC(=O)[C@H]1CN(S(=O)(=O)c2ccccc2)c2ccccc2O1)c1ccc(OC)cc1. The van der Waals surface area contributed by atoms with E-state index in [1.54, 1.807) is 61.7 Å². The molecule has 172 valence electrons. The van der Waals surface area contributed by atoms with E-state index < -0.39 is 16.1 Å². The first kappa shape index (κ1) is 22.7. The van der Waals surface area contributed by atoms with Gasteiger partial charge in [-0.25, -0.2) is 8.42 Å². The van der Waals surface area contributed by atoms with Crippen LogP contribution < -0.4 is 19.1 Å². The summed E-state index contributed by atoms with van der Waals surface area (Å²) >= 11 is 0. The lowest BCUT2D eigenvalue weighted by molar-refractivity contribution is -0.128. The predicted molar refractivity (Wildman–Crippen MR) is 126 cm³/mol. The number of ether oxygens (including phenoxy) is 2. The summed E-state index contributed by atoms with van der Waals surface area (Å²) in [6.45, 7) is 1.84. The van der Waals surface area contributed by atoms with Crippen LogP contribution in [0.5, 0.6) is 11.5 Å². The van der Waals surface area contributed by atoms with E-state index in [4.69, 9.17) is 9.47 Å². The van der Waals surface area contributed by atoms with Gasteiger partial charge in [-0.2, -0.15) is 0 Å². The molecular weight excluding hydrogens is 440 g/mol. The molecule has 3 aromatic carbocycles. The predicted octanol–water partition coefficient (Wildman–Crippen LogP) is 3.92. The minimum absolute atomic E-state index is 0.126. The lowest BCUT2D eigenvalue weighted by atomic mass is 10.0. The maximum atomic E-state index is 13.4. The molecule has 33 heavy (non-hydrogen) atoms. The van der Waals surface area contributed by atoms with Crippen LogP contribution >= 0.6 is 0 Å². The number of para-hydroxylation sites is 2. The van der Waals surface area contributed by atoms with Gasteiger partial charge in [0.15, 0.2) is 6.10 Å². The molecule has 0 radical (unpaired) electrons. The van der Waals surface area contributed by atoms with Crippen LogP contribution in [0.1, 0.15) is 24.9 Å². The second kappa shape index (κ2) is 9.54. The Morgan fingerprint density at radius 3 is 2.39 bits per heavy atom. The van der Waals surface area contributed by atoms with E-state index in [9.17, 15) is 13.2 Å². The lowest BCUT2D eigenvalue weighted by Gasteiger charge is -2.35. The number of nitrogens with zero attached hydrogens (tertiary/aromatic N) is 1. The molecule has 7 nitrogen and oxygen atoms in total. The first-order chi connectivity index (χ1) is 15.9. The first-order valence-electron chi connectivity index (χ1n) is 10.7. The smallest absolute Gasteiger partial charge is 0.264 e. The van der Waals surface area contributed by atoms with Crippen LogP contribution in [0, 0.1) is 0 Å². The largest absolute Gasteiger partial charge is 0.497 e. The fourth-order valence-electron chi connectivity index (χ4n) is 3.81. The van der Waals surface area contributed by atoms with Gasteiger partial charge >= 0.3 is 0 Å². The topological polar surface area (TPSA) is 84.9 Å². The van der Waals surface area contributed by atoms with Gasteiger partial charge in [-0.15, -0.1) is 0 Å². The molecule has 0 saturated heterocycles. The molecule has 1 aliphatic heterocycles. The average Bonchev–Trinajstić information content (AvgIpc) is 2.87. The van der Waals surface area contributed by atoms with Crippen LogP contribution in [0.3, 0.4) is 0 Å². The molecule has 3 aromatic rings. The summed E-state index contributed by atoms with van der Waals surface area (Å²) in [5.74, 6) is 0.704. The van der Waals surface area contributed by atoms with Crippen molar-refractivity contribution in [1.29, 1.82) is 0 Å². The molecule has 2 atom stereocenters. The van der Waals surface area contributed by atoms with Gasteiger partial charge in [-0.05, 0) is 48.4 Å². The van der Waals surface area contributed by atoms with Crippen molar-refractivity contribution in [3.63, 3.8) is 0 Å². The first-order valence-corrected chi connectivity index (χ1v) is 12.2. The molecule has 0 saturated carbocycles. The molecule has 0 aliphatic carbocycles. The zero-order valence-electron chi connectivity index (χ0n) is 18.5. The van der Waals surface area contributed by atoms with E-state index in [0.29, 0.717) is 17.9 Å². The van der Waals surface area contributed by atoms with Gasteiger partial charge in [0, 0.05) is 0 Å². The van der Waals surface area contributed by atoms with Crippen molar-refractivity contribution >= 4 is 21.6 Å². The molecule has 1 heterocycles. The fourth-order valence-corrected chi connectivity index (χ4v) is 5.31. The minimum atomic E-state index is -3.88. The van der Waals surface area contributed by atoms with Crippen LogP contribution in [0.4, 0.5) is 5.69 Å². The highest BCUT2D eigenvalue weighted by molar-refractivity contribution is 7.92. The van der Waals surface area contributed by atoms with Crippen molar-refractivity contribution in [1.82, 2.24) is 5.32 Å². The van der Waals surface area contributed by atoms with Gasteiger partial charge in [0.1, 0.15) is 11.5 Å². The number of benzene rings is 3. The van der Waals surface area contributed by atoms with Gasteiger partial charge < -0.3 is 14.8 Å². The number of nitrogens with one attached hydrogen (secondary N) is 1. The number of fused-ring (bicyclic) bond motifs is 1. The van der Waals surface area contributed by atoms with E-state index in [0.717, 1.165) is 11.3 Å². The van der Waals surface area contributed by atoms with E-state index in [1.807, 2.05) is 31.2 Å². The van der Waals surface area contributed by atoms with Crippen molar-refractivity contribution in [3.05, 3.63) is 84.4 Å². The van der Waals surface area contributed by atoms with Crippen LogP contribution in [0.25, 0.3) is 0 Å². The Morgan fingerprint density at radius 1 is 1.06 bits per heavy atom. The van der Waals surface area contributed by atoms with Crippen molar-refractivity contribution in [2.24, 2.45) is 0 Å². The van der Waals surface area contributed by atoms with E-state index >= 15 is 0 Å². The second-order valence-corrected chi connectivity index (χ2v) is 9.53. The third-order valence-corrected chi connectivity index (χ3v) is 7.40. The molecule has 1 N–H and O–H groups in total. The molecule has 0 spiro atoms.